The van der Waals surface area contributed by atoms with Crippen molar-refractivity contribution in [3.05, 3.63) is 72.8 Å². The molecular weight excluding hydrogens is 434 g/mol. The molecule has 0 saturated carbocycles. The second-order valence-electron chi connectivity index (χ2n) is 8.93. The molecule has 0 N–H and O–H groups in total. The minimum Gasteiger partial charge on any atom is -0.464 e. The Hall–Kier alpha value is -2.74. The van der Waals surface area contributed by atoms with Gasteiger partial charge in [0, 0.05) is 48.7 Å². The van der Waals surface area contributed by atoms with E-state index in [4.69, 9.17) is 4.42 Å². The molecule has 0 aliphatic carbocycles. The van der Waals surface area contributed by atoms with Crippen LogP contribution in [0.2, 0.25) is 0 Å². The van der Waals surface area contributed by atoms with Crippen molar-refractivity contribution in [3.8, 4) is 0 Å². The fraction of sp³-hybridized carbons (Fsp3) is 0.346. The van der Waals surface area contributed by atoms with Crippen LogP contribution in [-0.2, 0) is 16.4 Å². The summed E-state index contributed by atoms with van der Waals surface area (Å²) in [7, 11) is -1.86. The number of sulfonamides is 1. The maximum atomic E-state index is 13.3. The van der Waals surface area contributed by atoms with E-state index in [0.717, 1.165) is 55.3 Å². The number of piperidine rings is 1. The SMILES string of the molecule is CN(CC1CCN(CCc2coc3ccccc23)CC1)S(=O)(=O)c1cccc2cnccc12. The van der Waals surface area contributed by atoms with E-state index in [1.807, 2.05) is 30.5 Å². The molecule has 3 heterocycles. The van der Waals surface area contributed by atoms with E-state index in [-0.39, 0.29) is 0 Å². The lowest BCUT2D eigenvalue weighted by atomic mass is 9.96. The number of aromatic nitrogens is 1. The van der Waals surface area contributed by atoms with Gasteiger partial charge in [-0.1, -0.05) is 30.3 Å². The highest BCUT2D eigenvalue weighted by molar-refractivity contribution is 7.89. The van der Waals surface area contributed by atoms with Gasteiger partial charge in [-0.05, 0) is 62.0 Å². The van der Waals surface area contributed by atoms with Crippen LogP contribution >= 0.6 is 0 Å². The maximum absolute atomic E-state index is 13.3. The van der Waals surface area contributed by atoms with Gasteiger partial charge < -0.3 is 9.32 Å². The van der Waals surface area contributed by atoms with E-state index in [1.54, 1.807) is 37.6 Å². The van der Waals surface area contributed by atoms with Gasteiger partial charge in [0.15, 0.2) is 0 Å². The fourth-order valence-electron chi connectivity index (χ4n) is 4.84. The average molecular weight is 464 g/mol. The van der Waals surface area contributed by atoms with Crippen LogP contribution in [0.5, 0.6) is 0 Å². The molecule has 5 rings (SSSR count). The molecule has 33 heavy (non-hydrogen) atoms. The molecule has 1 aliphatic heterocycles. The van der Waals surface area contributed by atoms with Gasteiger partial charge >= 0.3 is 0 Å². The molecule has 0 amide bonds. The van der Waals surface area contributed by atoms with Gasteiger partial charge in [-0.3, -0.25) is 4.98 Å². The Kier molecular flexibility index (Phi) is 6.19. The van der Waals surface area contributed by atoms with Crippen molar-refractivity contribution in [1.29, 1.82) is 0 Å². The highest BCUT2D eigenvalue weighted by Crippen LogP contribution is 2.27. The average Bonchev–Trinajstić information content (AvgIpc) is 3.26. The van der Waals surface area contributed by atoms with Crippen LogP contribution < -0.4 is 0 Å². The first kappa shape index (κ1) is 22.1. The van der Waals surface area contributed by atoms with Crippen LogP contribution in [0.15, 0.2) is 76.5 Å². The molecule has 1 fully saturated rings. The molecule has 6 nitrogen and oxygen atoms in total. The van der Waals surface area contributed by atoms with Crippen LogP contribution in [0.25, 0.3) is 21.7 Å². The third kappa shape index (κ3) is 4.53. The van der Waals surface area contributed by atoms with Crippen molar-refractivity contribution in [2.24, 2.45) is 5.92 Å². The molecule has 0 unspecified atom stereocenters. The monoisotopic (exact) mass is 463 g/mol. The maximum Gasteiger partial charge on any atom is 0.243 e. The lowest BCUT2D eigenvalue weighted by Crippen LogP contribution is -2.40. The topological polar surface area (TPSA) is 66.7 Å². The summed E-state index contributed by atoms with van der Waals surface area (Å²) < 4.78 is 33.8. The zero-order valence-electron chi connectivity index (χ0n) is 18.9. The molecule has 4 aromatic rings. The van der Waals surface area contributed by atoms with Crippen LogP contribution in [0, 0.1) is 5.92 Å². The molecule has 2 aromatic heterocycles. The quantitative estimate of drug-likeness (QED) is 0.402. The minimum absolute atomic E-state index is 0.356. The summed E-state index contributed by atoms with van der Waals surface area (Å²) in [6.45, 7) is 3.53. The van der Waals surface area contributed by atoms with Gasteiger partial charge in [0.2, 0.25) is 10.0 Å². The lowest BCUT2D eigenvalue weighted by Gasteiger charge is -2.33. The third-order valence-electron chi connectivity index (χ3n) is 6.81. The van der Waals surface area contributed by atoms with Crippen molar-refractivity contribution in [1.82, 2.24) is 14.2 Å². The summed E-state index contributed by atoms with van der Waals surface area (Å²) in [5, 5.41) is 2.76. The highest BCUT2D eigenvalue weighted by Gasteiger charge is 2.27. The molecule has 0 bridgehead atoms. The first-order valence-electron chi connectivity index (χ1n) is 11.5. The van der Waals surface area contributed by atoms with Gasteiger partial charge in [-0.15, -0.1) is 0 Å². The molecular formula is C26H29N3O3S. The first-order valence-corrected chi connectivity index (χ1v) is 12.9. The van der Waals surface area contributed by atoms with E-state index in [0.29, 0.717) is 17.4 Å². The predicted octanol–water partition coefficient (Wildman–Crippen LogP) is 4.56. The smallest absolute Gasteiger partial charge is 0.243 e. The second-order valence-corrected chi connectivity index (χ2v) is 10.9. The van der Waals surface area contributed by atoms with Crippen LogP contribution in [0.4, 0.5) is 0 Å². The standard InChI is InChI=1S/C26H29N3O3S/c1-28(33(30,31)26-8-4-5-21-17-27-13-9-24(21)26)18-20-10-14-29(15-11-20)16-12-22-19-32-25-7-3-2-6-23(22)25/h2-9,13,17,19-20H,10-12,14-16,18H2,1H3. The predicted molar refractivity (Wildman–Crippen MR) is 131 cm³/mol. The molecule has 1 aliphatic rings. The Labute approximate surface area is 194 Å². The zero-order valence-corrected chi connectivity index (χ0v) is 19.7. The Morgan fingerprint density at radius 3 is 2.73 bits per heavy atom. The Morgan fingerprint density at radius 2 is 1.88 bits per heavy atom. The van der Waals surface area contributed by atoms with Gasteiger partial charge in [0.1, 0.15) is 5.58 Å². The number of furan rings is 1. The summed E-state index contributed by atoms with van der Waals surface area (Å²) >= 11 is 0. The number of benzene rings is 2. The molecule has 0 atom stereocenters. The second kappa shape index (κ2) is 9.25. The third-order valence-corrected chi connectivity index (χ3v) is 8.69. The number of para-hydroxylation sites is 1. The van der Waals surface area contributed by atoms with Crippen molar-refractivity contribution < 1.29 is 12.8 Å². The Balaban J connectivity index is 1.17. The zero-order chi connectivity index (χ0) is 22.8. The van der Waals surface area contributed by atoms with Gasteiger partial charge in [0.05, 0.1) is 11.2 Å². The summed E-state index contributed by atoms with van der Waals surface area (Å²) in [6, 6.07) is 15.3. The largest absolute Gasteiger partial charge is 0.464 e. The number of nitrogens with zero attached hydrogens (tertiary/aromatic N) is 3. The van der Waals surface area contributed by atoms with Crippen molar-refractivity contribution in [2.45, 2.75) is 24.2 Å². The van der Waals surface area contributed by atoms with Crippen molar-refractivity contribution >= 4 is 31.8 Å². The van der Waals surface area contributed by atoms with E-state index >= 15 is 0 Å². The summed E-state index contributed by atoms with van der Waals surface area (Å²) in [4.78, 5) is 6.94. The van der Waals surface area contributed by atoms with Crippen LogP contribution in [0.3, 0.4) is 0 Å². The summed E-state index contributed by atoms with van der Waals surface area (Å²) in [5.41, 5.74) is 2.20. The minimum atomic E-state index is -3.56. The molecule has 0 radical (unpaired) electrons. The molecule has 172 valence electrons. The van der Waals surface area contributed by atoms with E-state index in [1.165, 1.54) is 15.3 Å². The van der Waals surface area contributed by atoms with Gasteiger partial charge in [0.25, 0.3) is 0 Å². The van der Waals surface area contributed by atoms with Crippen LogP contribution in [0.1, 0.15) is 18.4 Å². The van der Waals surface area contributed by atoms with Crippen LogP contribution in [-0.4, -0.2) is 55.8 Å². The molecule has 0 spiro atoms. The number of pyridine rings is 1. The number of rotatable bonds is 7. The molecule has 7 heteroatoms. The summed E-state index contributed by atoms with van der Waals surface area (Å²) in [6.07, 6.45) is 8.20. The van der Waals surface area contributed by atoms with E-state index in [2.05, 4.69) is 16.0 Å². The van der Waals surface area contributed by atoms with E-state index < -0.39 is 10.0 Å². The number of likely N-dealkylation sites (tertiary alicyclic amines) is 1. The van der Waals surface area contributed by atoms with Gasteiger partial charge in [-0.2, -0.15) is 0 Å². The molecule has 2 aromatic carbocycles. The lowest BCUT2D eigenvalue weighted by molar-refractivity contribution is 0.174. The number of fused-ring (bicyclic) bond motifs is 2. The first-order chi connectivity index (χ1) is 16.0. The molecule has 1 saturated heterocycles. The number of hydrogen-bond donors (Lipinski definition) is 0. The van der Waals surface area contributed by atoms with Gasteiger partial charge in [-0.25, -0.2) is 12.7 Å². The Morgan fingerprint density at radius 1 is 1.06 bits per heavy atom. The fourth-order valence-corrected chi connectivity index (χ4v) is 6.30. The normalized spacial score (nSPS) is 16.2. The summed E-state index contributed by atoms with van der Waals surface area (Å²) in [5.74, 6) is 0.368. The Bertz CT molecular complexity index is 1350. The van der Waals surface area contributed by atoms with E-state index in [9.17, 15) is 8.42 Å². The highest BCUT2D eigenvalue weighted by atomic mass is 32.2. The van der Waals surface area contributed by atoms with Crippen molar-refractivity contribution in [3.63, 3.8) is 0 Å². The number of hydrogen-bond acceptors (Lipinski definition) is 5. The van der Waals surface area contributed by atoms with Crippen molar-refractivity contribution in [2.75, 3.05) is 33.2 Å².